The van der Waals surface area contributed by atoms with E-state index in [-0.39, 0.29) is 23.1 Å². The molecule has 0 aliphatic heterocycles. The molecular formula is C27H28ClFN8O2S. The van der Waals surface area contributed by atoms with Gasteiger partial charge in [0.05, 0.1) is 15.9 Å². The van der Waals surface area contributed by atoms with Crippen LogP contribution in [0.4, 0.5) is 33.5 Å². The molecule has 4 N–H and O–H groups in total. The monoisotopic (exact) mass is 582 g/mol. The molecule has 40 heavy (non-hydrogen) atoms. The molecule has 0 saturated heterocycles. The number of hydrogen-bond donors (Lipinski definition) is 3. The first kappa shape index (κ1) is 28.7. The summed E-state index contributed by atoms with van der Waals surface area (Å²) < 4.78 is 39.2. The van der Waals surface area contributed by atoms with Crippen molar-refractivity contribution in [2.45, 2.75) is 18.4 Å². The number of halogens is 2. The van der Waals surface area contributed by atoms with Gasteiger partial charge in [-0.2, -0.15) is 4.98 Å². The first-order chi connectivity index (χ1) is 18.6. The molecule has 5 aromatic rings. The summed E-state index contributed by atoms with van der Waals surface area (Å²) >= 11 is 0. The molecule has 0 radical (unpaired) electrons. The highest BCUT2D eigenvalue weighted by molar-refractivity contribution is 7.89. The number of aryl methyl sites for hydroxylation is 2. The van der Waals surface area contributed by atoms with Crippen molar-refractivity contribution in [2.75, 3.05) is 22.6 Å². The van der Waals surface area contributed by atoms with Gasteiger partial charge >= 0.3 is 0 Å². The van der Waals surface area contributed by atoms with Crippen molar-refractivity contribution < 1.29 is 12.8 Å². The van der Waals surface area contributed by atoms with E-state index in [1.165, 1.54) is 18.2 Å². The third-order valence-electron chi connectivity index (χ3n) is 6.33. The van der Waals surface area contributed by atoms with Gasteiger partial charge in [0.1, 0.15) is 11.6 Å². The van der Waals surface area contributed by atoms with E-state index >= 15 is 0 Å². The maximum absolute atomic E-state index is 13.5. The Bertz CT molecular complexity index is 1800. The minimum Gasteiger partial charge on any atom is -0.352 e. The predicted octanol–water partition coefficient (Wildman–Crippen LogP) is 5.00. The number of fused-ring (bicyclic) bond motifs is 1. The fraction of sp³-hybridized carbons (Fsp3) is 0.148. The Kier molecular flexibility index (Phi) is 8.24. The quantitative estimate of drug-likeness (QED) is 0.233. The Morgan fingerprint density at radius 3 is 2.60 bits per heavy atom. The summed E-state index contributed by atoms with van der Waals surface area (Å²) in [6.45, 7) is 2.12. The molecule has 0 unspecified atom stereocenters. The highest BCUT2D eigenvalue weighted by Gasteiger charge is 2.15. The highest BCUT2D eigenvalue weighted by Crippen LogP contribution is 2.28. The largest absolute Gasteiger partial charge is 0.352 e. The summed E-state index contributed by atoms with van der Waals surface area (Å²) in [7, 11) is -0.0639. The number of nitrogens with one attached hydrogen (secondary N) is 2. The van der Waals surface area contributed by atoms with Gasteiger partial charge in [-0.25, -0.2) is 27.9 Å². The predicted molar refractivity (Wildman–Crippen MR) is 158 cm³/mol. The molecule has 0 bridgehead atoms. The Hall–Kier alpha value is -4.26. The fourth-order valence-electron chi connectivity index (χ4n) is 4.22. The van der Waals surface area contributed by atoms with Crippen LogP contribution < -0.4 is 20.7 Å². The third-order valence-corrected chi connectivity index (χ3v) is 7.38. The highest BCUT2D eigenvalue weighted by atomic mass is 35.5. The van der Waals surface area contributed by atoms with Crippen molar-refractivity contribution in [3.63, 3.8) is 0 Å². The number of aromatic nitrogens is 4. The lowest BCUT2D eigenvalue weighted by Crippen LogP contribution is -2.14. The Labute approximate surface area is 237 Å². The first-order valence-corrected chi connectivity index (χ1v) is 13.6. The minimum absolute atomic E-state index is 0. The van der Waals surface area contributed by atoms with Crippen molar-refractivity contribution in [1.29, 1.82) is 0 Å². The van der Waals surface area contributed by atoms with E-state index in [2.05, 4.69) is 20.6 Å². The van der Waals surface area contributed by atoms with E-state index in [0.29, 0.717) is 35.5 Å². The van der Waals surface area contributed by atoms with Gasteiger partial charge in [-0.3, -0.25) is 0 Å². The maximum Gasteiger partial charge on any atom is 0.238 e. The first-order valence-electron chi connectivity index (χ1n) is 12.0. The number of hydrogen-bond acceptors (Lipinski definition) is 8. The van der Waals surface area contributed by atoms with Crippen molar-refractivity contribution in [2.24, 2.45) is 12.2 Å². The topological polar surface area (TPSA) is 131 Å². The van der Waals surface area contributed by atoms with Gasteiger partial charge in [-0.1, -0.05) is 18.2 Å². The minimum atomic E-state index is -3.86. The standard InChI is InChI=1S/C27H27FN8O2S.ClH/c1-17-7-8-20(14-24(17)39(29,37)38)32-26-30-12-11-25(34-26)35(2)21-9-10-23-22(15-21)33-27(36(23)3)31-16-18-5-4-6-19(28)13-18;/h4-15H,16H2,1-3H3,(H,31,33)(H2,29,37,38)(H,30,32,34);1H. The van der Waals surface area contributed by atoms with E-state index in [0.717, 1.165) is 22.3 Å². The van der Waals surface area contributed by atoms with Gasteiger partial charge in [-0.05, 0) is 66.6 Å². The second-order valence-electron chi connectivity index (χ2n) is 9.10. The molecule has 0 aliphatic rings. The average Bonchev–Trinajstić information content (AvgIpc) is 3.22. The average molecular weight is 583 g/mol. The van der Waals surface area contributed by atoms with Crippen LogP contribution in [0.1, 0.15) is 11.1 Å². The van der Waals surface area contributed by atoms with Crippen LogP contribution in [0.3, 0.4) is 0 Å². The molecule has 0 saturated carbocycles. The molecule has 0 spiro atoms. The number of anilines is 5. The van der Waals surface area contributed by atoms with E-state index in [1.54, 1.807) is 37.4 Å². The van der Waals surface area contributed by atoms with Crippen LogP contribution in [-0.4, -0.2) is 35.0 Å². The van der Waals surface area contributed by atoms with Crippen molar-refractivity contribution >= 4 is 62.6 Å². The molecule has 0 atom stereocenters. The van der Waals surface area contributed by atoms with Crippen LogP contribution in [0.5, 0.6) is 0 Å². The van der Waals surface area contributed by atoms with Crippen LogP contribution in [-0.2, 0) is 23.6 Å². The third kappa shape index (κ3) is 6.14. The molecule has 0 aliphatic carbocycles. The van der Waals surface area contributed by atoms with Crippen LogP contribution >= 0.6 is 12.4 Å². The number of imidazole rings is 1. The SMILES string of the molecule is Cc1ccc(Nc2nccc(N(C)c3ccc4c(c3)nc(NCc3cccc(F)c3)n4C)n2)cc1S(N)(=O)=O.Cl. The molecular weight excluding hydrogens is 555 g/mol. The van der Waals surface area contributed by atoms with Gasteiger partial charge in [0.25, 0.3) is 0 Å². The molecule has 2 heterocycles. The molecule has 10 nitrogen and oxygen atoms in total. The van der Waals surface area contributed by atoms with Crippen LogP contribution in [0.2, 0.25) is 0 Å². The molecule has 3 aromatic carbocycles. The lowest BCUT2D eigenvalue weighted by molar-refractivity contribution is 0.597. The molecule has 13 heteroatoms. The summed E-state index contributed by atoms with van der Waals surface area (Å²) in [6, 6.07) is 19.0. The Morgan fingerprint density at radius 2 is 1.85 bits per heavy atom. The van der Waals surface area contributed by atoms with Gasteiger partial charge in [-0.15, -0.1) is 12.4 Å². The van der Waals surface area contributed by atoms with Gasteiger partial charge in [0.15, 0.2) is 0 Å². The molecule has 0 fully saturated rings. The van der Waals surface area contributed by atoms with Crippen LogP contribution in [0.25, 0.3) is 11.0 Å². The number of nitrogens with zero attached hydrogens (tertiary/aromatic N) is 5. The van der Waals surface area contributed by atoms with Gasteiger partial charge in [0.2, 0.25) is 21.9 Å². The Morgan fingerprint density at radius 1 is 1.05 bits per heavy atom. The van der Waals surface area contributed by atoms with Crippen molar-refractivity contribution in [3.05, 3.63) is 89.9 Å². The summed E-state index contributed by atoms with van der Waals surface area (Å²) in [5.41, 5.74) is 4.44. The Balaban J connectivity index is 0.00000370. The van der Waals surface area contributed by atoms with E-state index in [9.17, 15) is 12.8 Å². The van der Waals surface area contributed by atoms with Crippen LogP contribution in [0.15, 0.2) is 77.8 Å². The van der Waals surface area contributed by atoms with E-state index < -0.39 is 10.0 Å². The normalized spacial score (nSPS) is 11.2. The zero-order valence-corrected chi connectivity index (χ0v) is 23.6. The van der Waals surface area contributed by atoms with Gasteiger partial charge < -0.3 is 20.1 Å². The summed E-state index contributed by atoms with van der Waals surface area (Å²) in [6.07, 6.45) is 1.61. The number of sulfonamides is 1. The number of nitrogens with two attached hydrogens (primary N) is 1. The zero-order valence-electron chi connectivity index (χ0n) is 22.0. The van der Waals surface area contributed by atoms with E-state index in [1.807, 2.05) is 47.8 Å². The summed E-state index contributed by atoms with van der Waals surface area (Å²) in [5.74, 6) is 1.30. The van der Waals surface area contributed by atoms with Crippen molar-refractivity contribution in [1.82, 2.24) is 19.5 Å². The molecule has 2 aromatic heterocycles. The number of rotatable bonds is 8. The van der Waals surface area contributed by atoms with Crippen LogP contribution in [0, 0.1) is 12.7 Å². The second-order valence-corrected chi connectivity index (χ2v) is 10.6. The zero-order chi connectivity index (χ0) is 27.7. The molecule has 5 rings (SSSR count). The molecule has 208 valence electrons. The maximum atomic E-state index is 13.5. The lowest BCUT2D eigenvalue weighted by atomic mass is 10.2. The van der Waals surface area contributed by atoms with Crippen molar-refractivity contribution in [3.8, 4) is 0 Å². The second kappa shape index (κ2) is 11.5. The van der Waals surface area contributed by atoms with Gasteiger partial charge in [0, 0.05) is 38.2 Å². The number of primary sulfonamides is 1. The molecule has 0 amide bonds. The summed E-state index contributed by atoms with van der Waals surface area (Å²) in [4.78, 5) is 15.5. The summed E-state index contributed by atoms with van der Waals surface area (Å²) in [5, 5.41) is 11.6. The van der Waals surface area contributed by atoms with E-state index in [4.69, 9.17) is 10.1 Å². The smallest absolute Gasteiger partial charge is 0.238 e. The number of benzene rings is 3. The fourth-order valence-corrected chi connectivity index (χ4v) is 5.03. The lowest BCUT2D eigenvalue weighted by Gasteiger charge is -2.19.